The van der Waals surface area contributed by atoms with Crippen molar-refractivity contribution in [2.75, 3.05) is 28.2 Å². The predicted octanol–water partition coefficient (Wildman–Crippen LogP) is 5.68. The van der Waals surface area contributed by atoms with E-state index in [1.165, 1.54) is 18.5 Å². The van der Waals surface area contributed by atoms with Gasteiger partial charge in [-0.25, -0.2) is 4.79 Å². The Morgan fingerprint density at radius 1 is 1.06 bits per heavy atom. The molecular weight excluding hydrogens is 440 g/mol. The minimum Gasteiger partial charge on any atom is -0.410 e. The molecule has 6 rings (SSSR count). The van der Waals surface area contributed by atoms with Crippen molar-refractivity contribution >= 4 is 29.1 Å². The molecule has 2 aromatic carbocycles. The molecule has 0 radical (unpaired) electrons. The van der Waals surface area contributed by atoms with Crippen LogP contribution in [0.1, 0.15) is 50.3 Å². The van der Waals surface area contributed by atoms with E-state index in [9.17, 15) is 9.59 Å². The van der Waals surface area contributed by atoms with Crippen LogP contribution in [0.2, 0.25) is 0 Å². The number of aromatic amines is 1. The SMILES string of the molecule is CC(=O)N1c2ccc(-c3c[nH]c(C4CC4)c3)cc2N(C(=O)Oc2cccc3c2CCCN3)C[C@@H]1C. The van der Waals surface area contributed by atoms with Crippen molar-refractivity contribution in [1.29, 1.82) is 0 Å². The smallest absolute Gasteiger partial charge is 0.410 e. The van der Waals surface area contributed by atoms with Crippen molar-refractivity contribution in [3.63, 3.8) is 0 Å². The zero-order chi connectivity index (χ0) is 24.1. The zero-order valence-electron chi connectivity index (χ0n) is 20.1. The van der Waals surface area contributed by atoms with E-state index in [1.54, 1.807) is 16.7 Å². The molecule has 1 saturated carbocycles. The molecule has 2 N–H and O–H groups in total. The number of aromatic nitrogens is 1. The Balaban J connectivity index is 1.36. The summed E-state index contributed by atoms with van der Waals surface area (Å²) in [7, 11) is 0. The highest BCUT2D eigenvalue weighted by Crippen LogP contribution is 2.43. The maximum atomic E-state index is 13.6. The number of benzene rings is 2. The average molecular weight is 471 g/mol. The number of fused-ring (bicyclic) bond motifs is 2. The summed E-state index contributed by atoms with van der Waals surface area (Å²) in [4.78, 5) is 32.9. The van der Waals surface area contributed by atoms with Crippen LogP contribution < -0.4 is 19.9 Å². The number of anilines is 3. The molecule has 35 heavy (non-hydrogen) atoms. The van der Waals surface area contributed by atoms with Gasteiger partial charge in [0.05, 0.1) is 17.4 Å². The molecule has 0 spiro atoms. The number of hydrogen-bond acceptors (Lipinski definition) is 4. The standard InChI is InChI=1S/C28H30N4O3/c1-17-16-31(28(34)35-27-7-3-6-23-22(27)5-4-12-29-23)26-14-20(10-11-25(26)32(17)18(2)33)21-13-24(30-15-21)19-8-9-19/h3,6-7,10-11,13-15,17,19,29-30H,4-5,8-9,12,16H2,1-2H3/t17-/m0/s1. The number of nitrogens with one attached hydrogen (secondary N) is 2. The molecule has 0 bridgehead atoms. The quantitative estimate of drug-likeness (QED) is 0.516. The largest absolute Gasteiger partial charge is 0.419 e. The number of rotatable bonds is 3. The fourth-order valence-electron chi connectivity index (χ4n) is 5.39. The fourth-order valence-corrected chi connectivity index (χ4v) is 5.39. The van der Waals surface area contributed by atoms with Crippen LogP contribution in [0, 0.1) is 0 Å². The summed E-state index contributed by atoms with van der Waals surface area (Å²) in [6.07, 6.45) is 5.93. The van der Waals surface area contributed by atoms with E-state index in [2.05, 4.69) is 16.4 Å². The number of H-pyrrole nitrogens is 1. The minimum absolute atomic E-state index is 0.0413. The first-order valence-electron chi connectivity index (χ1n) is 12.5. The van der Waals surface area contributed by atoms with E-state index in [4.69, 9.17) is 4.74 Å². The molecule has 7 nitrogen and oxygen atoms in total. The lowest BCUT2D eigenvalue weighted by Gasteiger charge is -2.40. The summed E-state index contributed by atoms with van der Waals surface area (Å²) >= 11 is 0. The maximum Gasteiger partial charge on any atom is 0.419 e. The lowest BCUT2D eigenvalue weighted by atomic mass is 10.0. The summed E-state index contributed by atoms with van der Waals surface area (Å²) in [6, 6.07) is 13.8. The van der Waals surface area contributed by atoms with Crippen molar-refractivity contribution in [3.05, 3.63) is 59.9 Å². The zero-order valence-corrected chi connectivity index (χ0v) is 20.1. The molecule has 1 aliphatic carbocycles. The third-order valence-corrected chi connectivity index (χ3v) is 7.28. The molecule has 3 aliphatic rings. The highest BCUT2D eigenvalue weighted by molar-refractivity contribution is 6.03. The number of amides is 2. The van der Waals surface area contributed by atoms with E-state index in [0.29, 0.717) is 23.9 Å². The number of carbonyl (C=O) groups excluding carboxylic acids is 2. The van der Waals surface area contributed by atoms with Crippen molar-refractivity contribution in [3.8, 4) is 16.9 Å². The molecule has 2 amide bonds. The Morgan fingerprint density at radius 3 is 2.71 bits per heavy atom. The summed E-state index contributed by atoms with van der Waals surface area (Å²) in [5.74, 6) is 1.19. The second kappa shape index (κ2) is 8.48. The molecule has 0 saturated heterocycles. The van der Waals surface area contributed by atoms with E-state index >= 15 is 0 Å². The van der Waals surface area contributed by atoms with Crippen LogP contribution in [-0.4, -0.2) is 36.1 Å². The van der Waals surface area contributed by atoms with Gasteiger partial charge >= 0.3 is 6.09 Å². The lowest BCUT2D eigenvalue weighted by Crippen LogP contribution is -2.52. The Morgan fingerprint density at radius 2 is 1.91 bits per heavy atom. The number of hydrogen-bond donors (Lipinski definition) is 2. The van der Waals surface area contributed by atoms with E-state index in [1.807, 2.05) is 49.5 Å². The monoisotopic (exact) mass is 470 g/mol. The Hall–Kier alpha value is -3.74. The maximum absolute atomic E-state index is 13.6. The lowest BCUT2D eigenvalue weighted by molar-refractivity contribution is -0.117. The molecule has 3 aromatic rings. The van der Waals surface area contributed by atoms with Crippen molar-refractivity contribution in [2.45, 2.75) is 51.5 Å². The van der Waals surface area contributed by atoms with Crippen LogP contribution in [0.15, 0.2) is 48.7 Å². The Kier molecular flexibility index (Phi) is 5.28. The minimum atomic E-state index is -0.426. The van der Waals surface area contributed by atoms with Gasteiger partial charge < -0.3 is 19.9 Å². The molecule has 2 aliphatic heterocycles. The summed E-state index contributed by atoms with van der Waals surface area (Å²) < 4.78 is 5.98. The van der Waals surface area contributed by atoms with Crippen molar-refractivity contribution in [1.82, 2.24) is 4.98 Å². The van der Waals surface area contributed by atoms with Gasteiger partial charge in [0.1, 0.15) is 5.75 Å². The summed E-state index contributed by atoms with van der Waals surface area (Å²) in [5, 5.41) is 3.38. The van der Waals surface area contributed by atoms with Crippen LogP contribution >= 0.6 is 0 Å². The van der Waals surface area contributed by atoms with Crippen molar-refractivity contribution < 1.29 is 14.3 Å². The van der Waals surface area contributed by atoms with Gasteiger partial charge in [0.2, 0.25) is 5.91 Å². The van der Waals surface area contributed by atoms with Crippen LogP contribution in [0.3, 0.4) is 0 Å². The third-order valence-electron chi connectivity index (χ3n) is 7.28. The topological polar surface area (TPSA) is 77.7 Å². The van der Waals surface area contributed by atoms with Crippen LogP contribution in [0.25, 0.3) is 11.1 Å². The molecule has 180 valence electrons. The fraction of sp³-hybridized carbons (Fsp3) is 0.357. The first-order valence-corrected chi connectivity index (χ1v) is 12.5. The Labute approximate surface area is 205 Å². The second-order valence-electron chi connectivity index (χ2n) is 9.85. The average Bonchev–Trinajstić information content (AvgIpc) is 3.59. The first-order chi connectivity index (χ1) is 17.0. The van der Waals surface area contributed by atoms with Gasteiger partial charge in [-0.2, -0.15) is 0 Å². The molecule has 3 heterocycles. The normalized spacial score (nSPS) is 19.0. The molecule has 7 heteroatoms. The van der Waals surface area contributed by atoms with E-state index in [-0.39, 0.29) is 11.9 Å². The van der Waals surface area contributed by atoms with Gasteiger partial charge in [-0.05, 0) is 80.0 Å². The second-order valence-corrected chi connectivity index (χ2v) is 9.85. The molecule has 1 fully saturated rings. The predicted molar refractivity (Wildman–Crippen MR) is 137 cm³/mol. The first kappa shape index (κ1) is 21.8. The highest BCUT2D eigenvalue weighted by Gasteiger charge is 2.35. The number of nitrogens with zero attached hydrogens (tertiary/aromatic N) is 2. The van der Waals surface area contributed by atoms with Crippen LogP contribution in [0.4, 0.5) is 21.9 Å². The molecule has 0 unspecified atom stereocenters. The summed E-state index contributed by atoms with van der Waals surface area (Å²) in [5.41, 5.74) is 6.83. The molecule has 1 aromatic heterocycles. The highest BCUT2D eigenvalue weighted by atomic mass is 16.6. The van der Waals surface area contributed by atoms with E-state index < -0.39 is 6.09 Å². The van der Waals surface area contributed by atoms with Crippen LogP contribution in [0.5, 0.6) is 5.75 Å². The van der Waals surface area contributed by atoms with Gasteiger partial charge in [0.25, 0.3) is 0 Å². The van der Waals surface area contributed by atoms with Gasteiger partial charge in [0.15, 0.2) is 0 Å². The van der Waals surface area contributed by atoms with Gasteiger partial charge in [-0.1, -0.05) is 12.1 Å². The van der Waals surface area contributed by atoms with Gasteiger partial charge in [-0.3, -0.25) is 9.69 Å². The van der Waals surface area contributed by atoms with Crippen molar-refractivity contribution in [2.24, 2.45) is 0 Å². The number of carbonyl (C=O) groups is 2. The van der Waals surface area contributed by atoms with E-state index in [0.717, 1.165) is 47.5 Å². The summed E-state index contributed by atoms with van der Waals surface area (Å²) in [6.45, 7) is 4.82. The number of ether oxygens (including phenoxy) is 1. The third kappa shape index (κ3) is 3.95. The molecular formula is C28H30N4O3. The van der Waals surface area contributed by atoms with Gasteiger partial charge in [0, 0.05) is 43.2 Å². The van der Waals surface area contributed by atoms with Crippen LogP contribution in [-0.2, 0) is 11.2 Å². The van der Waals surface area contributed by atoms with Gasteiger partial charge in [-0.15, -0.1) is 0 Å². The molecule has 1 atom stereocenters. The Bertz CT molecular complexity index is 1310.